The van der Waals surface area contributed by atoms with Crippen LogP contribution in [-0.4, -0.2) is 57.8 Å². The van der Waals surface area contributed by atoms with E-state index >= 15 is 0 Å². The molecule has 1 rings (SSSR count). The Morgan fingerprint density at radius 1 is 1.35 bits per heavy atom. The standard InChI is InChI=1S/C13H21NO3/c1-16-9-7-14(8-10-17-2)13-5-3-12(11-15)4-6-13/h3-5,11,13H,6-10H2,1-2H3. The summed E-state index contributed by atoms with van der Waals surface area (Å²) in [4.78, 5) is 12.9. The zero-order chi connectivity index (χ0) is 12.5. The predicted molar refractivity (Wildman–Crippen MR) is 67.0 cm³/mol. The zero-order valence-corrected chi connectivity index (χ0v) is 10.6. The van der Waals surface area contributed by atoms with Gasteiger partial charge in [0, 0.05) is 38.9 Å². The van der Waals surface area contributed by atoms with Crippen molar-refractivity contribution in [1.82, 2.24) is 4.90 Å². The van der Waals surface area contributed by atoms with Crippen molar-refractivity contribution < 1.29 is 14.3 Å². The monoisotopic (exact) mass is 239 g/mol. The van der Waals surface area contributed by atoms with Gasteiger partial charge in [0.2, 0.25) is 0 Å². The van der Waals surface area contributed by atoms with Gasteiger partial charge in [0.25, 0.3) is 0 Å². The Morgan fingerprint density at radius 3 is 2.41 bits per heavy atom. The van der Waals surface area contributed by atoms with E-state index in [1.54, 1.807) is 14.2 Å². The number of methoxy groups -OCH3 is 2. The van der Waals surface area contributed by atoms with E-state index in [-0.39, 0.29) is 0 Å². The number of hydrogen-bond acceptors (Lipinski definition) is 4. The van der Waals surface area contributed by atoms with E-state index in [9.17, 15) is 4.79 Å². The highest BCUT2D eigenvalue weighted by Crippen LogP contribution is 2.14. The third kappa shape index (κ3) is 4.81. The van der Waals surface area contributed by atoms with Crippen molar-refractivity contribution in [2.75, 3.05) is 40.5 Å². The fourth-order valence-corrected chi connectivity index (χ4v) is 1.84. The first-order chi connectivity index (χ1) is 8.31. The van der Waals surface area contributed by atoms with Gasteiger partial charge in [-0.1, -0.05) is 18.2 Å². The van der Waals surface area contributed by atoms with Gasteiger partial charge < -0.3 is 9.47 Å². The lowest BCUT2D eigenvalue weighted by Gasteiger charge is -2.30. The van der Waals surface area contributed by atoms with Crippen LogP contribution in [0.3, 0.4) is 0 Å². The molecule has 4 nitrogen and oxygen atoms in total. The number of carbonyl (C=O) groups is 1. The molecule has 1 aliphatic rings. The molecule has 4 heteroatoms. The van der Waals surface area contributed by atoms with Gasteiger partial charge in [0.1, 0.15) is 6.29 Å². The Morgan fingerprint density at radius 2 is 2.00 bits per heavy atom. The average molecular weight is 239 g/mol. The van der Waals surface area contributed by atoms with Crippen molar-refractivity contribution in [1.29, 1.82) is 0 Å². The Bertz CT molecular complexity index is 278. The summed E-state index contributed by atoms with van der Waals surface area (Å²) in [5.41, 5.74) is 0.764. The third-order valence-electron chi connectivity index (χ3n) is 2.88. The molecule has 1 atom stereocenters. The SMILES string of the molecule is COCCN(CCOC)C1C=CC(C=O)=CC1. The lowest BCUT2D eigenvalue weighted by Crippen LogP contribution is -2.39. The van der Waals surface area contributed by atoms with Crippen molar-refractivity contribution in [3.05, 3.63) is 23.8 Å². The molecule has 1 aliphatic carbocycles. The molecule has 0 saturated carbocycles. The lowest BCUT2D eigenvalue weighted by atomic mass is 10.0. The van der Waals surface area contributed by atoms with E-state index in [4.69, 9.17) is 9.47 Å². The van der Waals surface area contributed by atoms with Crippen LogP contribution in [-0.2, 0) is 14.3 Å². The minimum atomic E-state index is 0.337. The van der Waals surface area contributed by atoms with Crippen LogP contribution >= 0.6 is 0 Å². The molecule has 0 aromatic rings. The van der Waals surface area contributed by atoms with Crippen molar-refractivity contribution >= 4 is 6.29 Å². The molecule has 1 unspecified atom stereocenters. The van der Waals surface area contributed by atoms with Crippen LogP contribution in [0, 0.1) is 0 Å². The van der Waals surface area contributed by atoms with Crippen LogP contribution in [0.15, 0.2) is 23.8 Å². The topological polar surface area (TPSA) is 38.8 Å². The molecule has 0 aliphatic heterocycles. The number of ether oxygens (including phenoxy) is 2. The minimum absolute atomic E-state index is 0.337. The summed E-state index contributed by atoms with van der Waals surface area (Å²) in [6, 6.07) is 0.337. The first-order valence-corrected chi connectivity index (χ1v) is 5.87. The van der Waals surface area contributed by atoms with Gasteiger partial charge >= 0.3 is 0 Å². The number of hydrogen-bond donors (Lipinski definition) is 0. The van der Waals surface area contributed by atoms with Gasteiger partial charge in [-0.2, -0.15) is 0 Å². The van der Waals surface area contributed by atoms with Crippen molar-refractivity contribution in [2.45, 2.75) is 12.5 Å². The Balaban J connectivity index is 2.49. The molecule has 0 fully saturated rings. The zero-order valence-electron chi connectivity index (χ0n) is 10.6. The molecular formula is C13H21NO3. The second-order valence-electron chi connectivity index (χ2n) is 4.01. The van der Waals surface area contributed by atoms with Crippen LogP contribution in [0.5, 0.6) is 0 Å². The summed E-state index contributed by atoms with van der Waals surface area (Å²) in [5, 5.41) is 0. The first kappa shape index (κ1) is 14.1. The largest absolute Gasteiger partial charge is 0.383 e. The first-order valence-electron chi connectivity index (χ1n) is 5.87. The van der Waals surface area contributed by atoms with Crippen molar-refractivity contribution in [3.8, 4) is 0 Å². The molecule has 0 N–H and O–H groups in total. The smallest absolute Gasteiger partial charge is 0.149 e. The van der Waals surface area contributed by atoms with Gasteiger partial charge in [0.15, 0.2) is 0 Å². The molecule has 0 radical (unpaired) electrons. The lowest BCUT2D eigenvalue weighted by molar-refractivity contribution is -0.104. The summed E-state index contributed by atoms with van der Waals surface area (Å²) >= 11 is 0. The van der Waals surface area contributed by atoms with Gasteiger partial charge in [-0.25, -0.2) is 0 Å². The molecule has 0 spiro atoms. The third-order valence-corrected chi connectivity index (χ3v) is 2.88. The minimum Gasteiger partial charge on any atom is -0.383 e. The normalized spacial score (nSPS) is 19.5. The van der Waals surface area contributed by atoms with Crippen molar-refractivity contribution in [3.63, 3.8) is 0 Å². The molecular weight excluding hydrogens is 218 g/mol. The molecule has 0 amide bonds. The van der Waals surface area contributed by atoms with Gasteiger partial charge in [-0.05, 0) is 6.42 Å². The fraction of sp³-hybridized carbons (Fsp3) is 0.615. The Kier molecular flexibility index (Phi) is 6.77. The summed E-state index contributed by atoms with van der Waals surface area (Å²) in [6.07, 6.45) is 7.70. The van der Waals surface area contributed by atoms with Crippen molar-refractivity contribution in [2.24, 2.45) is 0 Å². The average Bonchev–Trinajstić information content (AvgIpc) is 2.39. The second kappa shape index (κ2) is 8.17. The summed E-state index contributed by atoms with van der Waals surface area (Å²) in [5.74, 6) is 0. The molecule has 96 valence electrons. The highest BCUT2D eigenvalue weighted by Gasteiger charge is 2.16. The Hall–Kier alpha value is -0.970. The van der Waals surface area contributed by atoms with E-state index in [1.165, 1.54) is 0 Å². The number of carbonyl (C=O) groups excluding carboxylic acids is 1. The van der Waals surface area contributed by atoms with E-state index in [1.807, 2.05) is 12.2 Å². The van der Waals surface area contributed by atoms with Crippen LogP contribution in [0.4, 0.5) is 0 Å². The predicted octanol–water partition coefficient (Wildman–Crippen LogP) is 1.03. The van der Waals surface area contributed by atoms with E-state index in [2.05, 4.69) is 11.0 Å². The summed E-state index contributed by atoms with van der Waals surface area (Å²) in [7, 11) is 3.41. The van der Waals surface area contributed by atoms with E-state index in [0.717, 1.165) is 31.4 Å². The molecule has 0 aromatic heterocycles. The highest BCUT2D eigenvalue weighted by atomic mass is 16.5. The molecule has 0 saturated heterocycles. The number of nitrogens with zero attached hydrogens (tertiary/aromatic N) is 1. The van der Waals surface area contributed by atoms with Crippen LogP contribution in [0.2, 0.25) is 0 Å². The van der Waals surface area contributed by atoms with Gasteiger partial charge in [0.05, 0.1) is 13.2 Å². The number of rotatable bonds is 8. The molecule has 17 heavy (non-hydrogen) atoms. The fourth-order valence-electron chi connectivity index (χ4n) is 1.84. The maximum atomic E-state index is 10.6. The maximum absolute atomic E-state index is 10.6. The second-order valence-corrected chi connectivity index (χ2v) is 4.01. The van der Waals surface area contributed by atoms with E-state index in [0.29, 0.717) is 19.3 Å². The van der Waals surface area contributed by atoms with Gasteiger partial charge in [-0.3, -0.25) is 9.69 Å². The van der Waals surface area contributed by atoms with Crippen LogP contribution in [0.1, 0.15) is 6.42 Å². The molecule has 0 aromatic carbocycles. The quantitative estimate of drug-likeness (QED) is 0.593. The maximum Gasteiger partial charge on any atom is 0.149 e. The highest BCUT2D eigenvalue weighted by molar-refractivity contribution is 5.77. The summed E-state index contributed by atoms with van der Waals surface area (Å²) in [6.45, 7) is 3.16. The number of aldehydes is 1. The molecule has 0 bridgehead atoms. The van der Waals surface area contributed by atoms with E-state index < -0.39 is 0 Å². The molecule has 0 heterocycles. The van der Waals surface area contributed by atoms with Crippen LogP contribution < -0.4 is 0 Å². The van der Waals surface area contributed by atoms with Gasteiger partial charge in [-0.15, -0.1) is 0 Å². The number of allylic oxidation sites excluding steroid dienone is 2. The van der Waals surface area contributed by atoms with Crippen LogP contribution in [0.25, 0.3) is 0 Å². The summed E-state index contributed by atoms with van der Waals surface area (Å²) < 4.78 is 10.2. The Labute approximate surface area is 103 Å².